The lowest BCUT2D eigenvalue weighted by atomic mass is 10.6. The lowest BCUT2D eigenvalue weighted by Gasteiger charge is -1.87. The minimum atomic E-state index is -0.688. The van der Waals surface area contributed by atoms with Crippen LogP contribution in [0.4, 0.5) is 10.1 Å². The van der Waals surface area contributed by atoms with E-state index >= 15 is 0 Å². The van der Waals surface area contributed by atoms with Crippen LogP contribution in [0.3, 0.4) is 0 Å². The summed E-state index contributed by atoms with van der Waals surface area (Å²) in [6.45, 7) is 3.26. The SMILES string of the molecule is C=Cn1cc([N+](=O)[O-])cc1F. The fourth-order valence-corrected chi connectivity index (χ4v) is 0.678. The molecule has 1 aromatic heterocycles. The molecular formula is C6H5FN2O2. The summed E-state index contributed by atoms with van der Waals surface area (Å²) in [5.74, 6) is -0.688. The van der Waals surface area contributed by atoms with Gasteiger partial charge in [0.1, 0.15) is 0 Å². The fraction of sp³-hybridized carbons (Fsp3) is 0. The van der Waals surface area contributed by atoms with E-state index in [0.29, 0.717) is 0 Å². The van der Waals surface area contributed by atoms with Crippen molar-refractivity contribution >= 4 is 11.9 Å². The molecule has 58 valence electrons. The van der Waals surface area contributed by atoms with Gasteiger partial charge in [0, 0.05) is 6.20 Å². The maximum Gasteiger partial charge on any atom is 0.290 e. The second-order valence-electron chi connectivity index (χ2n) is 1.87. The van der Waals surface area contributed by atoms with E-state index in [1.165, 1.54) is 0 Å². The van der Waals surface area contributed by atoms with Gasteiger partial charge in [0.25, 0.3) is 5.69 Å². The Morgan fingerprint density at radius 1 is 1.82 bits per heavy atom. The first-order valence-electron chi connectivity index (χ1n) is 2.79. The van der Waals surface area contributed by atoms with Gasteiger partial charge in [-0.05, 0) is 0 Å². The summed E-state index contributed by atoms with van der Waals surface area (Å²) in [5, 5.41) is 10.1. The van der Waals surface area contributed by atoms with Crippen molar-refractivity contribution in [3.05, 3.63) is 34.9 Å². The molecule has 11 heavy (non-hydrogen) atoms. The minimum absolute atomic E-state index is 0.276. The van der Waals surface area contributed by atoms with Crippen molar-refractivity contribution in [2.24, 2.45) is 0 Å². The second kappa shape index (κ2) is 2.53. The third kappa shape index (κ3) is 1.26. The van der Waals surface area contributed by atoms with Gasteiger partial charge in [-0.25, -0.2) is 0 Å². The molecule has 1 rings (SSSR count). The molecule has 4 nitrogen and oxygen atoms in total. The van der Waals surface area contributed by atoms with E-state index < -0.39 is 10.9 Å². The molecule has 0 N–H and O–H groups in total. The van der Waals surface area contributed by atoms with Gasteiger partial charge in [-0.1, -0.05) is 6.58 Å². The topological polar surface area (TPSA) is 48.1 Å². The maximum absolute atomic E-state index is 12.6. The predicted molar refractivity (Wildman–Crippen MR) is 37.4 cm³/mol. The number of hydrogen-bond acceptors (Lipinski definition) is 2. The fourth-order valence-electron chi connectivity index (χ4n) is 0.678. The Kier molecular flexibility index (Phi) is 1.72. The van der Waals surface area contributed by atoms with Crippen molar-refractivity contribution < 1.29 is 9.31 Å². The standard InChI is InChI=1S/C6H5FN2O2/c1-2-8-4-5(9(10)11)3-6(8)7/h2-4H,1H2. The van der Waals surface area contributed by atoms with Gasteiger partial charge in [-0.15, -0.1) is 0 Å². The van der Waals surface area contributed by atoms with Gasteiger partial charge < -0.3 is 0 Å². The summed E-state index contributed by atoms with van der Waals surface area (Å²) in [6.07, 6.45) is 2.21. The zero-order valence-electron chi connectivity index (χ0n) is 5.53. The van der Waals surface area contributed by atoms with Crippen LogP contribution in [-0.2, 0) is 0 Å². The Morgan fingerprint density at radius 2 is 2.45 bits per heavy atom. The van der Waals surface area contributed by atoms with Crippen molar-refractivity contribution in [1.29, 1.82) is 0 Å². The molecule has 0 bridgehead atoms. The zero-order valence-corrected chi connectivity index (χ0v) is 5.53. The highest BCUT2D eigenvalue weighted by Crippen LogP contribution is 2.14. The van der Waals surface area contributed by atoms with Crippen LogP contribution < -0.4 is 0 Å². The lowest BCUT2D eigenvalue weighted by Crippen LogP contribution is -1.85. The van der Waals surface area contributed by atoms with E-state index in [2.05, 4.69) is 6.58 Å². The van der Waals surface area contributed by atoms with Crippen LogP contribution >= 0.6 is 0 Å². The average Bonchev–Trinajstić information content (AvgIpc) is 2.31. The molecule has 1 heterocycles. The number of aromatic nitrogens is 1. The number of halogens is 1. The van der Waals surface area contributed by atoms with Gasteiger partial charge in [-0.3, -0.25) is 14.7 Å². The van der Waals surface area contributed by atoms with E-state index in [1.54, 1.807) is 0 Å². The van der Waals surface area contributed by atoms with Crippen molar-refractivity contribution in [1.82, 2.24) is 4.57 Å². The summed E-state index contributed by atoms with van der Waals surface area (Å²) in [5.41, 5.74) is -0.276. The lowest BCUT2D eigenvalue weighted by molar-refractivity contribution is -0.384. The monoisotopic (exact) mass is 156 g/mol. The molecule has 1 aromatic rings. The van der Waals surface area contributed by atoms with Crippen LogP contribution in [0.2, 0.25) is 0 Å². The maximum atomic E-state index is 12.6. The normalized spacial score (nSPS) is 9.55. The Balaban J connectivity index is 3.14. The summed E-state index contributed by atoms with van der Waals surface area (Å²) < 4.78 is 13.5. The van der Waals surface area contributed by atoms with Crippen LogP contribution in [0, 0.1) is 16.1 Å². The molecule has 0 fully saturated rings. The van der Waals surface area contributed by atoms with Crippen LogP contribution in [0.1, 0.15) is 0 Å². The minimum Gasteiger partial charge on any atom is -0.294 e. The zero-order chi connectivity index (χ0) is 8.43. The molecule has 0 aromatic carbocycles. The highest BCUT2D eigenvalue weighted by molar-refractivity contribution is 5.33. The van der Waals surface area contributed by atoms with Crippen molar-refractivity contribution in [3.63, 3.8) is 0 Å². The second-order valence-corrected chi connectivity index (χ2v) is 1.87. The van der Waals surface area contributed by atoms with Crippen LogP contribution in [0.15, 0.2) is 18.8 Å². The van der Waals surface area contributed by atoms with E-state index in [4.69, 9.17) is 0 Å². The van der Waals surface area contributed by atoms with Crippen LogP contribution in [-0.4, -0.2) is 9.49 Å². The van der Waals surface area contributed by atoms with Crippen molar-refractivity contribution in [2.75, 3.05) is 0 Å². The first-order chi connectivity index (χ1) is 5.15. The molecule has 0 amide bonds. The third-order valence-electron chi connectivity index (χ3n) is 1.19. The van der Waals surface area contributed by atoms with Crippen molar-refractivity contribution in [3.8, 4) is 0 Å². The smallest absolute Gasteiger partial charge is 0.290 e. The van der Waals surface area contributed by atoms with Gasteiger partial charge in [0.15, 0.2) is 0 Å². The number of hydrogen-bond donors (Lipinski definition) is 0. The molecule has 0 aliphatic heterocycles. The number of nitrogens with zero attached hydrogens (tertiary/aromatic N) is 2. The molecular weight excluding hydrogens is 151 g/mol. The Labute approximate surface area is 61.7 Å². The molecule has 0 saturated carbocycles. The van der Waals surface area contributed by atoms with E-state index in [9.17, 15) is 14.5 Å². The molecule has 0 aliphatic carbocycles. The molecule has 0 aliphatic rings. The van der Waals surface area contributed by atoms with Crippen LogP contribution in [0.5, 0.6) is 0 Å². The Hall–Kier alpha value is -1.65. The van der Waals surface area contributed by atoms with E-state index in [0.717, 1.165) is 23.0 Å². The van der Waals surface area contributed by atoms with Gasteiger partial charge in [-0.2, -0.15) is 4.39 Å². The Bertz CT molecular complexity index is 306. The third-order valence-corrected chi connectivity index (χ3v) is 1.19. The summed E-state index contributed by atoms with van der Waals surface area (Å²) in [6, 6.07) is 0.835. The van der Waals surface area contributed by atoms with Gasteiger partial charge in [0.2, 0.25) is 5.95 Å². The van der Waals surface area contributed by atoms with Gasteiger partial charge in [0.05, 0.1) is 17.2 Å². The number of nitro groups is 1. The molecule has 5 heteroatoms. The highest BCUT2D eigenvalue weighted by Gasteiger charge is 2.11. The summed E-state index contributed by atoms with van der Waals surface area (Å²) >= 11 is 0. The van der Waals surface area contributed by atoms with Crippen LogP contribution in [0.25, 0.3) is 6.20 Å². The molecule has 0 unspecified atom stereocenters. The van der Waals surface area contributed by atoms with E-state index in [-0.39, 0.29) is 5.69 Å². The molecule has 0 spiro atoms. The predicted octanol–water partition coefficient (Wildman–Crippen LogP) is 1.64. The Morgan fingerprint density at radius 3 is 2.73 bits per heavy atom. The quantitative estimate of drug-likeness (QED) is 0.482. The molecule has 0 saturated heterocycles. The average molecular weight is 156 g/mol. The number of rotatable bonds is 2. The first-order valence-corrected chi connectivity index (χ1v) is 2.79. The summed E-state index contributed by atoms with van der Waals surface area (Å²) in [4.78, 5) is 9.41. The summed E-state index contributed by atoms with van der Waals surface area (Å²) in [7, 11) is 0. The highest BCUT2D eigenvalue weighted by atomic mass is 19.1. The molecule has 0 atom stereocenters. The van der Waals surface area contributed by atoms with E-state index in [1.807, 2.05) is 0 Å². The first kappa shape index (κ1) is 7.46. The van der Waals surface area contributed by atoms with Gasteiger partial charge >= 0.3 is 0 Å². The largest absolute Gasteiger partial charge is 0.294 e. The molecule has 0 radical (unpaired) electrons. The van der Waals surface area contributed by atoms with Crippen molar-refractivity contribution in [2.45, 2.75) is 0 Å².